The number of hydrogen-bond donors (Lipinski definition) is 1. The first kappa shape index (κ1) is 10.3. The van der Waals surface area contributed by atoms with Gasteiger partial charge in [0.15, 0.2) is 0 Å². The molecule has 0 amide bonds. The number of nitrogens with zero attached hydrogens (tertiary/aromatic N) is 2. The lowest BCUT2D eigenvalue weighted by Gasteiger charge is -2.08. The third kappa shape index (κ3) is 1.94. The summed E-state index contributed by atoms with van der Waals surface area (Å²) >= 11 is 0. The van der Waals surface area contributed by atoms with E-state index in [1.165, 1.54) is 18.3 Å². The maximum atomic E-state index is 10.5. The second-order valence-corrected chi connectivity index (χ2v) is 2.89. The third-order valence-electron chi connectivity index (χ3n) is 1.94. The lowest BCUT2D eigenvalue weighted by Crippen LogP contribution is -2.09. The van der Waals surface area contributed by atoms with Crippen LogP contribution in [0.1, 0.15) is 17.3 Å². The Bertz CT molecular complexity index is 376. The minimum absolute atomic E-state index is 0.0529. The van der Waals surface area contributed by atoms with Crippen molar-refractivity contribution in [3.63, 3.8) is 0 Å². The van der Waals surface area contributed by atoms with Gasteiger partial charge in [0.25, 0.3) is 5.69 Å². The standard InChI is InChI=1S/C9H11N3O2/c1-3-9(10)8-4-7(12(13)14)5-11-6(8)2/h3-5,9H,1,10H2,2H3/t9-/m0/s1. The fourth-order valence-corrected chi connectivity index (χ4v) is 1.10. The van der Waals surface area contributed by atoms with Gasteiger partial charge in [-0.3, -0.25) is 15.1 Å². The average Bonchev–Trinajstić information content (AvgIpc) is 2.17. The normalized spacial score (nSPS) is 12.1. The Morgan fingerprint density at radius 2 is 2.43 bits per heavy atom. The molecule has 1 aromatic rings. The summed E-state index contributed by atoms with van der Waals surface area (Å²) in [5, 5.41) is 10.5. The summed E-state index contributed by atoms with van der Waals surface area (Å²) < 4.78 is 0. The summed E-state index contributed by atoms with van der Waals surface area (Å²) in [4.78, 5) is 13.9. The molecule has 0 fully saturated rings. The summed E-state index contributed by atoms with van der Waals surface area (Å²) in [6, 6.07) is 1.01. The van der Waals surface area contributed by atoms with Gasteiger partial charge < -0.3 is 5.73 Å². The predicted molar refractivity (Wildman–Crippen MR) is 52.8 cm³/mol. The van der Waals surface area contributed by atoms with Crippen LogP contribution in [-0.2, 0) is 0 Å². The average molecular weight is 193 g/mol. The molecule has 0 unspecified atom stereocenters. The molecule has 1 atom stereocenters. The SMILES string of the molecule is C=C[C@H](N)c1cc([N+](=O)[O-])cnc1C. The van der Waals surface area contributed by atoms with Gasteiger partial charge in [-0.25, -0.2) is 0 Å². The molecule has 2 N–H and O–H groups in total. The van der Waals surface area contributed by atoms with Crippen LogP contribution in [0.5, 0.6) is 0 Å². The zero-order chi connectivity index (χ0) is 10.7. The van der Waals surface area contributed by atoms with E-state index in [9.17, 15) is 10.1 Å². The number of aromatic nitrogens is 1. The molecular formula is C9H11N3O2. The highest BCUT2D eigenvalue weighted by Gasteiger charge is 2.12. The van der Waals surface area contributed by atoms with E-state index in [0.717, 1.165) is 0 Å². The molecule has 0 bridgehead atoms. The van der Waals surface area contributed by atoms with E-state index in [2.05, 4.69) is 11.6 Å². The van der Waals surface area contributed by atoms with Gasteiger partial charge in [-0.1, -0.05) is 6.08 Å². The van der Waals surface area contributed by atoms with Crippen molar-refractivity contribution in [1.29, 1.82) is 0 Å². The van der Waals surface area contributed by atoms with Crippen molar-refractivity contribution in [3.05, 3.63) is 46.3 Å². The number of hydrogen-bond acceptors (Lipinski definition) is 4. The van der Waals surface area contributed by atoms with Crippen LogP contribution in [0.3, 0.4) is 0 Å². The van der Waals surface area contributed by atoms with E-state index in [4.69, 9.17) is 5.73 Å². The maximum Gasteiger partial charge on any atom is 0.287 e. The van der Waals surface area contributed by atoms with Gasteiger partial charge in [-0.15, -0.1) is 6.58 Å². The molecule has 5 nitrogen and oxygen atoms in total. The number of pyridine rings is 1. The van der Waals surface area contributed by atoms with Crippen LogP contribution in [0.4, 0.5) is 5.69 Å². The van der Waals surface area contributed by atoms with Crippen molar-refractivity contribution in [2.24, 2.45) is 5.73 Å². The molecule has 0 radical (unpaired) electrons. The van der Waals surface area contributed by atoms with Crippen molar-refractivity contribution in [2.45, 2.75) is 13.0 Å². The molecule has 0 aliphatic heterocycles. The third-order valence-corrected chi connectivity index (χ3v) is 1.94. The van der Waals surface area contributed by atoms with Crippen molar-refractivity contribution in [1.82, 2.24) is 4.98 Å². The van der Waals surface area contributed by atoms with Gasteiger partial charge in [0.05, 0.1) is 4.92 Å². The fourth-order valence-electron chi connectivity index (χ4n) is 1.10. The van der Waals surface area contributed by atoms with E-state index in [0.29, 0.717) is 11.3 Å². The van der Waals surface area contributed by atoms with Gasteiger partial charge in [-0.05, 0) is 6.92 Å². The van der Waals surface area contributed by atoms with Crippen molar-refractivity contribution in [3.8, 4) is 0 Å². The van der Waals surface area contributed by atoms with Crippen LogP contribution in [0.15, 0.2) is 24.9 Å². The molecule has 1 rings (SSSR count). The molecule has 0 aromatic carbocycles. The minimum Gasteiger partial charge on any atom is -0.321 e. The van der Waals surface area contributed by atoms with E-state index >= 15 is 0 Å². The van der Waals surface area contributed by atoms with Crippen LogP contribution in [-0.4, -0.2) is 9.91 Å². The molecule has 14 heavy (non-hydrogen) atoms. The molecule has 0 aliphatic rings. The Labute approximate surface area is 81.4 Å². The quantitative estimate of drug-likeness (QED) is 0.448. The molecule has 0 saturated carbocycles. The highest BCUT2D eigenvalue weighted by atomic mass is 16.6. The van der Waals surface area contributed by atoms with E-state index in [-0.39, 0.29) is 5.69 Å². The summed E-state index contributed by atoms with van der Waals surface area (Å²) in [6.07, 6.45) is 2.74. The fraction of sp³-hybridized carbons (Fsp3) is 0.222. The first-order valence-electron chi connectivity index (χ1n) is 4.05. The van der Waals surface area contributed by atoms with Gasteiger partial charge in [0, 0.05) is 23.4 Å². The number of nitro groups is 1. The van der Waals surface area contributed by atoms with Crippen LogP contribution in [0, 0.1) is 17.0 Å². The molecule has 1 aromatic heterocycles. The van der Waals surface area contributed by atoms with Gasteiger partial charge in [-0.2, -0.15) is 0 Å². The van der Waals surface area contributed by atoms with Crippen LogP contribution in [0.2, 0.25) is 0 Å². The number of nitrogens with two attached hydrogens (primary N) is 1. The largest absolute Gasteiger partial charge is 0.321 e. The molecule has 5 heteroatoms. The van der Waals surface area contributed by atoms with E-state index < -0.39 is 11.0 Å². The molecule has 0 spiro atoms. The van der Waals surface area contributed by atoms with E-state index in [1.54, 1.807) is 6.92 Å². The second kappa shape index (κ2) is 3.97. The lowest BCUT2D eigenvalue weighted by atomic mass is 10.1. The van der Waals surface area contributed by atoms with Crippen LogP contribution >= 0.6 is 0 Å². The van der Waals surface area contributed by atoms with Crippen molar-refractivity contribution in [2.75, 3.05) is 0 Å². The first-order chi connectivity index (χ1) is 6.56. The van der Waals surface area contributed by atoms with Crippen molar-refractivity contribution < 1.29 is 4.92 Å². The smallest absolute Gasteiger partial charge is 0.287 e. The molecule has 1 heterocycles. The summed E-state index contributed by atoms with van der Waals surface area (Å²) in [6.45, 7) is 5.28. The van der Waals surface area contributed by atoms with Gasteiger partial charge >= 0.3 is 0 Å². The maximum absolute atomic E-state index is 10.5. The first-order valence-corrected chi connectivity index (χ1v) is 4.05. The van der Waals surface area contributed by atoms with Gasteiger partial charge in [0.2, 0.25) is 0 Å². The predicted octanol–water partition coefficient (Wildman–Crippen LogP) is 1.48. The monoisotopic (exact) mass is 193 g/mol. The number of rotatable bonds is 3. The summed E-state index contributed by atoms with van der Waals surface area (Å²) in [5.41, 5.74) is 6.95. The zero-order valence-electron chi connectivity index (χ0n) is 7.80. The molecule has 74 valence electrons. The molecule has 0 saturated heterocycles. The second-order valence-electron chi connectivity index (χ2n) is 2.89. The summed E-state index contributed by atoms with van der Waals surface area (Å²) in [7, 11) is 0. The Hall–Kier alpha value is -1.75. The zero-order valence-corrected chi connectivity index (χ0v) is 7.80. The Balaban J connectivity index is 3.20. The lowest BCUT2D eigenvalue weighted by molar-refractivity contribution is -0.385. The minimum atomic E-state index is -0.494. The Kier molecular flexibility index (Phi) is 2.93. The summed E-state index contributed by atoms with van der Waals surface area (Å²) in [5.74, 6) is 0. The Morgan fingerprint density at radius 3 is 2.93 bits per heavy atom. The molecule has 0 aliphatic carbocycles. The number of aryl methyl sites for hydroxylation is 1. The Morgan fingerprint density at radius 1 is 1.79 bits per heavy atom. The van der Waals surface area contributed by atoms with E-state index in [1.807, 2.05) is 0 Å². The van der Waals surface area contributed by atoms with Gasteiger partial charge in [0.1, 0.15) is 6.20 Å². The topological polar surface area (TPSA) is 82.0 Å². The van der Waals surface area contributed by atoms with Crippen LogP contribution in [0.25, 0.3) is 0 Å². The highest BCUT2D eigenvalue weighted by Crippen LogP contribution is 2.19. The highest BCUT2D eigenvalue weighted by molar-refractivity contribution is 5.36. The van der Waals surface area contributed by atoms with Crippen LogP contribution < -0.4 is 5.73 Å². The molecular weight excluding hydrogens is 182 g/mol. The van der Waals surface area contributed by atoms with Crippen molar-refractivity contribution >= 4 is 5.69 Å².